The molecule has 25 heavy (non-hydrogen) atoms. The summed E-state index contributed by atoms with van der Waals surface area (Å²) in [7, 11) is 1.74. The number of halogens is 2. The minimum absolute atomic E-state index is 0.0593. The predicted molar refractivity (Wildman–Crippen MR) is 96.5 cm³/mol. The molecule has 0 radical (unpaired) electrons. The zero-order chi connectivity index (χ0) is 18.4. The topological polar surface area (TPSA) is 62.6 Å². The number of anilines is 2. The predicted octanol–water partition coefficient (Wildman–Crippen LogP) is 1.88. The van der Waals surface area contributed by atoms with Crippen molar-refractivity contribution in [2.45, 2.75) is 6.92 Å². The van der Waals surface area contributed by atoms with Gasteiger partial charge >= 0.3 is 0 Å². The maximum atomic E-state index is 13.1. The summed E-state index contributed by atoms with van der Waals surface area (Å²) in [4.78, 5) is 24.7. The second kappa shape index (κ2) is 8.60. The average Bonchev–Trinajstić information content (AvgIpc) is 2.52. The molecule has 0 aliphatic heterocycles. The van der Waals surface area contributed by atoms with Gasteiger partial charge in [-0.05, 0) is 37.3 Å². The van der Waals surface area contributed by atoms with E-state index in [1.807, 2.05) is 31.2 Å². The van der Waals surface area contributed by atoms with Gasteiger partial charge < -0.3 is 15.5 Å². The van der Waals surface area contributed by atoms with Crippen LogP contribution in [0.3, 0.4) is 0 Å². The molecule has 0 bridgehead atoms. The number of nitrogens with one attached hydrogen (secondary N) is 3. The van der Waals surface area contributed by atoms with Gasteiger partial charge in [-0.2, -0.15) is 0 Å². The van der Waals surface area contributed by atoms with Crippen molar-refractivity contribution in [1.82, 2.24) is 0 Å². The summed E-state index contributed by atoms with van der Waals surface area (Å²) in [5.41, 5.74) is 2.24. The molecule has 2 amide bonds. The molecule has 1 unspecified atom stereocenters. The van der Waals surface area contributed by atoms with Crippen LogP contribution in [-0.4, -0.2) is 32.0 Å². The molecule has 1 atom stereocenters. The molecule has 0 saturated carbocycles. The van der Waals surface area contributed by atoms with Gasteiger partial charge in [0.2, 0.25) is 0 Å². The molecule has 0 heterocycles. The van der Waals surface area contributed by atoms with Crippen molar-refractivity contribution < 1.29 is 18.9 Å². The standard InChI is InChI=1S/C18H19ClFN3O2/c1-12-3-5-13(6-4-12)21-17(24)10-23(2)11-18(25)22-14-7-8-16(20)15(19)9-14/h3-9H,10-11H2,1-2H3,(H,21,24)(H,22,25)/p+1. The van der Waals surface area contributed by atoms with E-state index in [0.29, 0.717) is 11.4 Å². The molecule has 0 fully saturated rings. The Labute approximate surface area is 150 Å². The lowest BCUT2D eigenvalue weighted by atomic mass is 10.2. The van der Waals surface area contributed by atoms with Crippen molar-refractivity contribution in [3.8, 4) is 0 Å². The van der Waals surface area contributed by atoms with Crippen LogP contribution >= 0.6 is 11.6 Å². The summed E-state index contributed by atoms with van der Waals surface area (Å²) in [6.45, 7) is 2.21. The summed E-state index contributed by atoms with van der Waals surface area (Å²) >= 11 is 5.67. The van der Waals surface area contributed by atoms with Gasteiger partial charge in [0.15, 0.2) is 13.1 Å². The van der Waals surface area contributed by atoms with E-state index in [1.165, 1.54) is 18.2 Å². The Morgan fingerprint density at radius 1 is 1.00 bits per heavy atom. The molecule has 0 aliphatic rings. The van der Waals surface area contributed by atoms with E-state index in [4.69, 9.17) is 11.6 Å². The molecule has 0 saturated heterocycles. The van der Waals surface area contributed by atoms with Gasteiger partial charge in [0.1, 0.15) is 5.82 Å². The van der Waals surface area contributed by atoms with Crippen LogP contribution in [-0.2, 0) is 9.59 Å². The van der Waals surface area contributed by atoms with Gasteiger partial charge in [-0.15, -0.1) is 0 Å². The summed E-state index contributed by atoms with van der Waals surface area (Å²) in [5.74, 6) is -1.02. The van der Waals surface area contributed by atoms with Crippen molar-refractivity contribution in [3.63, 3.8) is 0 Å². The van der Waals surface area contributed by atoms with E-state index in [2.05, 4.69) is 10.6 Å². The first-order valence-electron chi connectivity index (χ1n) is 7.76. The minimum atomic E-state index is -0.546. The highest BCUT2D eigenvalue weighted by Crippen LogP contribution is 2.19. The summed E-state index contributed by atoms with van der Waals surface area (Å²) < 4.78 is 13.1. The Balaban J connectivity index is 1.81. The van der Waals surface area contributed by atoms with Crippen LogP contribution in [0.2, 0.25) is 5.02 Å². The fourth-order valence-electron chi connectivity index (χ4n) is 2.23. The average molecular weight is 365 g/mol. The monoisotopic (exact) mass is 364 g/mol. The number of likely N-dealkylation sites (N-methyl/N-ethyl adjacent to an activating group) is 1. The van der Waals surface area contributed by atoms with E-state index in [0.717, 1.165) is 10.5 Å². The van der Waals surface area contributed by atoms with Crippen LogP contribution < -0.4 is 15.5 Å². The molecule has 0 spiro atoms. The number of carbonyl (C=O) groups is 2. The van der Waals surface area contributed by atoms with Gasteiger partial charge in [0.05, 0.1) is 12.1 Å². The van der Waals surface area contributed by atoms with Gasteiger partial charge in [0, 0.05) is 11.4 Å². The van der Waals surface area contributed by atoms with Crippen molar-refractivity contribution in [2.24, 2.45) is 0 Å². The largest absolute Gasteiger partial charge is 0.322 e. The molecule has 7 heteroatoms. The van der Waals surface area contributed by atoms with E-state index in [-0.39, 0.29) is 29.9 Å². The molecular formula is C18H20ClFN3O2+. The third-order valence-electron chi connectivity index (χ3n) is 3.46. The quantitative estimate of drug-likeness (QED) is 0.733. The van der Waals surface area contributed by atoms with Crippen LogP contribution in [0, 0.1) is 12.7 Å². The number of hydrogen-bond donors (Lipinski definition) is 3. The normalized spacial score (nSPS) is 11.7. The molecule has 5 nitrogen and oxygen atoms in total. The van der Waals surface area contributed by atoms with Gasteiger partial charge in [-0.1, -0.05) is 29.3 Å². The van der Waals surface area contributed by atoms with Crippen LogP contribution in [0.15, 0.2) is 42.5 Å². The minimum Gasteiger partial charge on any atom is -0.322 e. The first-order chi connectivity index (χ1) is 11.8. The van der Waals surface area contributed by atoms with E-state index < -0.39 is 5.82 Å². The molecule has 3 N–H and O–H groups in total. The first-order valence-corrected chi connectivity index (χ1v) is 8.14. The number of benzene rings is 2. The number of rotatable bonds is 6. The van der Waals surface area contributed by atoms with Crippen molar-refractivity contribution >= 4 is 34.8 Å². The lowest BCUT2D eigenvalue weighted by Crippen LogP contribution is -3.11. The second-order valence-corrected chi connectivity index (χ2v) is 6.31. The fourth-order valence-corrected chi connectivity index (χ4v) is 2.41. The lowest BCUT2D eigenvalue weighted by Gasteiger charge is -2.14. The maximum Gasteiger partial charge on any atom is 0.279 e. The molecule has 2 rings (SSSR count). The van der Waals surface area contributed by atoms with E-state index >= 15 is 0 Å². The third-order valence-corrected chi connectivity index (χ3v) is 3.75. The fraction of sp³-hybridized carbons (Fsp3) is 0.222. The smallest absolute Gasteiger partial charge is 0.279 e. The molecule has 2 aromatic carbocycles. The second-order valence-electron chi connectivity index (χ2n) is 5.90. The Morgan fingerprint density at radius 3 is 2.08 bits per heavy atom. The summed E-state index contributed by atoms with van der Waals surface area (Å²) in [5, 5.41) is 5.35. The Bertz CT molecular complexity index is 765. The Kier molecular flexibility index (Phi) is 6.50. The van der Waals surface area contributed by atoms with Crippen molar-refractivity contribution in [1.29, 1.82) is 0 Å². The number of aryl methyl sites for hydroxylation is 1. The number of carbonyl (C=O) groups excluding carboxylic acids is 2. The first kappa shape index (κ1) is 18.9. The van der Waals surface area contributed by atoms with Crippen LogP contribution in [0.1, 0.15) is 5.56 Å². The van der Waals surface area contributed by atoms with E-state index in [9.17, 15) is 14.0 Å². The van der Waals surface area contributed by atoms with Crippen molar-refractivity contribution in [2.75, 3.05) is 30.8 Å². The Morgan fingerprint density at radius 2 is 1.52 bits per heavy atom. The maximum absolute atomic E-state index is 13.1. The molecular weight excluding hydrogens is 345 g/mol. The van der Waals surface area contributed by atoms with Gasteiger partial charge in [-0.25, -0.2) is 4.39 Å². The van der Waals surface area contributed by atoms with Crippen molar-refractivity contribution in [3.05, 3.63) is 58.9 Å². The van der Waals surface area contributed by atoms with Crippen LogP contribution in [0.25, 0.3) is 0 Å². The highest BCUT2D eigenvalue weighted by Gasteiger charge is 2.15. The Hall–Kier alpha value is -2.44. The highest BCUT2D eigenvalue weighted by molar-refractivity contribution is 6.31. The lowest BCUT2D eigenvalue weighted by molar-refractivity contribution is -0.862. The molecule has 0 aliphatic carbocycles. The van der Waals surface area contributed by atoms with Gasteiger partial charge in [0.25, 0.3) is 11.8 Å². The van der Waals surface area contributed by atoms with Gasteiger partial charge in [-0.3, -0.25) is 9.59 Å². The summed E-state index contributed by atoms with van der Waals surface area (Å²) in [6, 6.07) is 11.4. The van der Waals surface area contributed by atoms with Crippen LogP contribution in [0.4, 0.5) is 15.8 Å². The number of hydrogen-bond acceptors (Lipinski definition) is 2. The zero-order valence-electron chi connectivity index (χ0n) is 14.0. The molecule has 132 valence electrons. The highest BCUT2D eigenvalue weighted by atomic mass is 35.5. The molecule has 2 aromatic rings. The van der Waals surface area contributed by atoms with Crippen LogP contribution in [0.5, 0.6) is 0 Å². The number of quaternary nitrogens is 1. The zero-order valence-corrected chi connectivity index (χ0v) is 14.8. The third kappa shape index (κ3) is 6.17. The number of amides is 2. The summed E-state index contributed by atoms with van der Waals surface area (Å²) in [6.07, 6.45) is 0. The van der Waals surface area contributed by atoms with E-state index in [1.54, 1.807) is 7.05 Å². The SMILES string of the molecule is Cc1ccc(NC(=O)C[NH+](C)CC(=O)Nc2ccc(F)c(Cl)c2)cc1. The molecule has 0 aromatic heterocycles.